The maximum Gasteiger partial charge on any atom is 0.251 e. The highest BCUT2D eigenvalue weighted by atomic mass is 32.2. The highest BCUT2D eigenvalue weighted by Crippen LogP contribution is 2.19. The Morgan fingerprint density at radius 1 is 0.957 bits per heavy atom. The number of nitrogens with one attached hydrogen (secondary N) is 4. The first-order valence-electron chi connectivity index (χ1n) is 14.9. The van der Waals surface area contributed by atoms with Crippen LogP contribution in [0.5, 0.6) is 5.75 Å². The van der Waals surface area contributed by atoms with Gasteiger partial charge in [0, 0.05) is 24.2 Å². The topological polar surface area (TPSA) is 192 Å². The van der Waals surface area contributed by atoms with Gasteiger partial charge in [0.1, 0.15) is 17.7 Å². The molecule has 0 bridgehead atoms. The molecule has 13 nitrogen and oxygen atoms in total. The Bertz CT molecular complexity index is 1750. The number of hydrogen-bond donors (Lipinski definition) is 6. The summed E-state index contributed by atoms with van der Waals surface area (Å²) in [6.07, 6.45) is 0.549. The van der Waals surface area contributed by atoms with E-state index >= 15 is 0 Å². The van der Waals surface area contributed by atoms with Crippen molar-refractivity contribution in [1.29, 1.82) is 0 Å². The third-order valence-electron chi connectivity index (χ3n) is 7.17. The fourth-order valence-corrected chi connectivity index (χ4v) is 5.27. The van der Waals surface area contributed by atoms with E-state index in [1.165, 1.54) is 31.4 Å². The number of aliphatic hydroxyl groups excluding tert-OH is 2. The number of oxazole rings is 1. The van der Waals surface area contributed by atoms with Crippen molar-refractivity contribution in [3.63, 3.8) is 0 Å². The molecule has 0 unspecified atom stereocenters. The second-order valence-electron chi connectivity index (χ2n) is 10.7. The predicted octanol–water partition coefficient (Wildman–Crippen LogP) is 2.36. The molecule has 14 heteroatoms. The van der Waals surface area contributed by atoms with Crippen LogP contribution in [-0.4, -0.2) is 67.0 Å². The van der Waals surface area contributed by atoms with E-state index in [1.807, 2.05) is 54.6 Å². The number of rotatable bonds is 17. The summed E-state index contributed by atoms with van der Waals surface area (Å²) in [7, 11) is -2.16. The first-order valence-corrected chi connectivity index (χ1v) is 16.6. The van der Waals surface area contributed by atoms with Crippen LogP contribution in [0.3, 0.4) is 0 Å². The average molecular weight is 666 g/mol. The summed E-state index contributed by atoms with van der Waals surface area (Å²) in [6.45, 7) is 1.62. The summed E-state index contributed by atoms with van der Waals surface area (Å²) in [5.41, 5.74) is 2.15. The first-order chi connectivity index (χ1) is 22.6. The molecule has 250 valence electrons. The zero-order valence-electron chi connectivity index (χ0n) is 26.1. The van der Waals surface area contributed by atoms with Crippen molar-refractivity contribution < 1.29 is 37.4 Å². The Kier molecular flexibility index (Phi) is 12.5. The van der Waals surface area contributed by atoms with Crippen LogP contribution < -0.4 is 25.4 Å². The van der Waals surface area contributed by atoms with E-state index in [1.54, 1.807) is 7.11 Å². The van der Waals surface area contributed by atoms with Gasteiger partial charge in [-0.3, -0.25) is 14.3 Å². The molecule has 4 rings (SSSR count). The Morgan fingerprint density at radius 3 is 2.36 bits per heavy atom. The summed E-state index contributed by atoms with van der Waals surface area (Å²) in [4.78, 5) is 30.8. The third-order valence-corrected chi connectivity index (χ3v) is 8.48. The maximum atomic E-state index is 13.7. The standard InChI is InChI=1S/C33H39N5O8S/c1-3-47(43,44)38-26-15-24(32(41)35-19-31-36-27(20-39)21-46-31)14-25(16-26)33(42)37-29(13-22-8-5-4-6-9-22)30(40)18-34-17-23-10-7-11-28(12-23)45-2/h4-12,14-16,21,29-30,34,38-40H,3,13,17-20H2,1-2H3,(H,35,41)(H,37,42)/t29-,30+/m0/s1. The van der Waals surface area contributed by atoms with Gasteiger partial charge in [0.25, 0.3) is 11.8 Å². The summed E-state index contributed by atoms with van der Waals surface area (Å²) in [5.74, 6) is -0.603. The Balaban J connectivity index is 1.54. The Morgan fingerprint density at radius 2 is 1.68 bits per heavy atom. The predicted molar refractivity (Wildman–Crippen MR) is 175 cm³/mol. The number of sulfonamides is 1. The number of nitrogens with zero attached hydrogens (tertiary/aromatic N) is 1. The summed E-state index contributed by atoms with van der Waals surface area (Å²) >= 11 is 0. The minimum absolute atomic E-state index is 0.000236. The SMILES string of the molecule is CCS(=O)(=O)Nc1cc(C(=O)NCc2nc(CO)co2)cc(C(=O)N[C@@H](Cc2ccccc2)[C@H](O)CNCc2cccc(OC)c2)c1. The van der Waals surface area contributed by atoms with Gasteiger partial charge in [0.05, 0.1) is 43.8 Å². The van der Waals surface area contributed by atoms with Crippen LogP contribution in [0.25, 0.3) is 0 Å². The molecule has 1 aromatic heterocycles. The fraction of sp³-hybridized carbons (Fsp3) is 0.303. The molecule has 0 aliphatic rings. The van der Waals surface area contributed by atoms with Gasteiger partial charge in [-0.05, 0) is 54.8 Å². The van der Waals surface area contributed by atoms with E-state index in [2.05, 4.69) is 25.7 Å². The van der Waals surface area contributed by atoms with Crippen molar-refractivity contribution >= 4 is 27.5 Å². The maximum absolute atomic E-state index is 13.7. The number of carbonyl (C=O) groups is 2. The van der Waals surface area contributed by atoms with Gasteiger partial charge in [-0.1, -0.05) is 42.5 Å². The van der Waals surface area contributed by atoms with Crippen molar-refractivity contribution in [3.8, 4) is 5.75 Å². The minimum atomic E-state index is -3.75. The lowest BCUT2D eigenvalue weighted by Crippen LogP contribution is -2.48. The molecular formula is C33H39N5O8S. The average Bonchev–Trinajstić information content (AvgIpc) is 3.55. The number of benzene rings is 3. The van der Waals surface area contributed by atoms with E-state index in [0.29, 0.717) is 24.4 Å². The van der Waals surface area contributed by atoms with Gasteiger partial charge in [0.2, 0.25) is 15.9 Å². The van der Waals surface area contributed by atoms with Crippen LogP contribution in [0.1, 0.15) is 50.4 Å². The van der Waals surface area contributed by atoms with Crippen molar-refractivity contribution in [1.82, 2.24) is 20.9 Å². The number of amides is 2. The molecule has 0 fully saturated rings. The Labute approximate surface area is 273 Å². The quantitative estimate of drug-likeness (QED) is 0.0976. The van der Waals surface area contributed by atoms with Crippen molar-refractivity contribution in [2.45, 2.75) is 45.2 Å². The van der Waals surface area contributed by atoms with Gasteiger partial charge in [-0.2, -0.15) is 0 Å². The number of carbonyl (C=O) groups excluding carboxylic acids is 2. The van der Waals surface area contributed by atoms with Crippen LogP contribution >= 0.6 is 0 Å². The van der Waals surface area contributed by atoms with Gasteiger partial charge in [0.15, 0.2) is 0 Å². The molecule has 47 heavy (non-hydrogen) atoms. The van der Waals surface area contributed by atoms with Crippen molar-refractivity contribution in [2.24, 2.45) is 0 Å². The lowest BCUT2D eigenvalue weighted by molar-refractivity contribution is 0.0830. The molecule has 0 saturated carbocycles. The molecule has 3 aromatic carbocycles. The molecule has 4 aromatic rings. The molecule has 0 aliphatic carbocycles. The lowest BCUT2D eigenvalue weighted by atomic mass is 10.00. The van der Waals surface area contributed by atoms with Crippen LogP contribution in [0.15, 0.2) is 83.5 Å². The largest absolute Gasteiger partial charge is 0.497 e. The number of aliphatic hydroxyl groups is 2. The second kappa shape index (κ2) is 16.7. The number of methoxy groups -OCH3 is 1. The minimum Gasteiger partial charge on any atom is -0.497 e. The molecule has 0 aliphatic heterocycles. The van der Waals surface area contributed by atoms with E-state index in [9.17, 15) is 28.2 Å². The van der Waals surface area contributed by atoms with Crippen LogP contribution in [-0.2, 0) is 36.1 Å². The van der Waals surface area contributed by atoms with Gasteiger partial charge in [-0.25, -0.2) is 13.4 Å². The highest BCUT2D eigenvalue weighted by molar-refractivity contribution is 7.92. The highest BCUT2D eigenvalue weighted by Gasteiger charge is 2.24. The Hall–Kier alpha value is -4.76. The van der Waals surface area contributed by atoms with Gasteiger partial charge < -0.3 is 35.3 Å². The zero-order chi connectivity index (χ0) is 33.8. The van der Waals surface area contributed by atoms with E-state index in [4.69, 9.17) is 9.15 Å². The fourth-order valence-electron chi connectivity index (χ4n) is 4.65. The molecule has 0 spiro atoms. The van der Waals surface area contributed by atoms with Crippen LogP contribution in [0, 0.1) is 0 Å². The number of hydrogen-bond acceptors (Lipinski definition) is 10. The number of ether oxygens (including phenoxy) is 1. The molecule has 2 amide bonds. The normalized spacial score (nSPS) is 12.6. The molecule has 1 heterocycles. The molecule has 2 atom stereocenters. The smallest absolute Gasteiger partial charge is 0.251 e. The third kappa shape index (κ3) is 10.6. The van der Waals surface area contributed by atoms with E-state index in [-0.39, 0.29) is 48.2 Å². The van der Waals surface area contributed by atoms with Gasteiger partial charge >= 0.3 is 0 Å². The summed E-state index contributed by atoms with van der Waals surface area (Å²) in [6, 6.07) is 20.1. The summed E-state index contributed by atoms with van der Waals surface area (Å²) < 4.78 is 37.6. The zero-order valence-corrected chi connectivity index (χ0v) is 26.9. The van der Waals surface area contributed by atoms with Crippen molar-refractivity contribution in [3.05, 3.63) is 113 Å². The second-order valence-corrected chi connectivity index (χ2v) is 12.7. The molecule has 6 N–H and O–H groups in total. The monoisotopic (exact) mass is 665 g/mol. The molecule has 0 saturated heterocycles. The molecular weight excluding hydrogens is 626 g/mol. The van der Waals surface area contributed by atoms with Crippen LogP contribution in [0.2, 0.25) is 0 Å². The van der Waals surface area contributed by atoms with Crippen LogP contribution in [0.4, 0.5) is 5.69 Å². The van der Waals surface area contributed by atoms with E-state index in [0.717, 1.165) is 11.1 Å². The first kappa shape index (κ1) is 35.1. The summed E-state index contributed by atoms with van der Waals surface area (Å²) in [5, 5.41) is 29.1. The van der Waals surface area contributed by atoms with Crippen molar-refractivity contribution in [2.75, 3.05) is 24.1 Å². The lowest BCUT2D eigenvalue weighted by Gasteiger charge is -2.25. The number of anilines is 1. The van der Waals surface area contributed by atoms with E-state index < -0.39 is 34.0 Å². The number of aromatic nitrogens is 1. The van der Waals surface area contributed by atoms with Gasteiger partial charge in [-0.15, -0.1) is 0 Å². The molecule has 0 radical (unpaired) electrons.